The highest BCUT2D eigenvalue weighted by atomic mass is 16.5. The quantitative estimate of drug-likeness (QED) is 0.816. The fourth-order valence-electron chi connectivity index (χ4n) is 1.83. The van der Waals surface area contributed by atoms with Gasteiger partial charge in [0.1, 0.15) is 5.76 Å². The lowest BCUT2D eigenvalue weighted by atomic mass is 10.0. The van der Waals surface area contributed by atoms with Gasteiger partial charge < -0.3 is 14.9 Å². The zero-order valence-electron chi connectivity index (χ0n) is 10.1. The molecule has 2 rings (SSSR count). The van der Waals surface area contributed by atoms with Gasteiger partial charge in [-0.25, -0.2) is 9.59 Å². The van der Waals surface area contributed by atoms with E-state index in [4.69, 9.17) is 14.9 Å². The Bertz CT molecular complexity index is 527. The van der Waals surface area contributed by atoms with Crippen LogP contribution in [-0.4, -0.2) is 27.2 Å². The molecule has 0 saturated heterocycles. The maximum atomic E-state index is 10.9. The molecule has 0 aromatic rings. The Morgan fingerprint density at radius 3 is 2.68 bits per heavy atom. The van der Waals surface area contributed by atoms with Gasteiger partial charge in [0.15, 0.2) is 0 Å². The molecule has 6 nitrogen and oxygen atoms in total. The number of aliphatic carboxylic acids is 1. The molecule has 1 heterocycles. The highest BCUT2D eigenvalue weighted by Gasteiger charge is 2.22. The molecule has 19 heavy (non-hydrogen) atoms. The van der Waals surface area contributed by atoms with Gasteiger partial charge in [-0.15, -0.1) is 0 Å². The van der Waals surface area contributed by atoms with Crippen LogP contribution in [0.5, 0.6) is 0 Å². The van der Waals surface area contributed by atoms with E-state index in [0.29, 0.717) is 12.2 Å². The molecule has 1 aliphatic heterocycles. The highest BCUT2D eigenvalue weighted by molar-refractivity contribution is 5.85. The van der Waals surface area contributed by atoms with Gasteiger partial charge in [0, 0.05) is 6.42 Å². The summed E-state index contributed by atoms with van der Waals surface area (Å²) >= 11 is 0. The van der Waals surface area contributed by atoms with Crippen molar-refractivity contribution in [3.8, 4) is 0 Å². The molecule has 0 bridgehead atoms. The minimum absolute atomic E-state index is 0.309. The maximum absolute atomic E-state index is 10.9. The summed E-state index contributed by atoms with van der Waals surface area (Å²) in [4.78, 5) is 22.6. The summed E-state index contributed by atoms with van der Waals surface area (Å²) in [5.74, 6) is -1.38. The zero-order valence-corrected chi connectivity index (χ0v) is 10.1. The Kier molecular flexibility index (Phi) is 3.70. The highest BCUT2D eigenvalue weighted by Crippen LogP contribution is 2.25. The van der Waals surface area contributed by atoms with Gasteiger partial charge in [-0.2, -0.15) is 0 Å². The Hall–Kier alpha value is -2.50. The average Bonchev–Trinajstić information content (AvgIpc) is 2.39. The van der Waals surface area contributed by atoms with Crippen molar-refractivity contribution in [3.05, 3.63) is 47.7 Å². The molecule has 0 fully saturated rings. The van der Waals surface area contributed by atoms with Gasteiger partial charge in [0.25, 0.3) is 0 Å². The first-order chi connectivity index (χ1) is 9.06. The van der Waals surface area contributed by atoms with Crippen molar-refractivity contribution >= 4 is 12.1 Å². The number of carboxylic acid groups (broad SMARTS) is 2. The summed E-state index contributed by atoms with van der Waals surface area (Å²) in [5.41, 5.74) is 1.07. The van der Waals surface area contributed by atoms with Crippen LogP contribution in [0.25, 0.3) is 0 Å². The van der Waals surface area contributed by atoms with Crippen LogP contribution in [0.3, 0.4) is 0 Å². The standard InChI is InChI=1S/C13H13NO5/c15-12(16)11-8-14(13(17)18)7-10(19-11)6-9-4-2-1-3-5-9/h1-2,4,7-8H,3,5-6H2,(H,15,16)(H,17,18). The van der Waals surface area contributed by atoms with Crippen LogP contribution in [-0.2, 0) is 9.53 Å². The fraction of sp³-hybridized carbons (Fsp3) is 0.231. The number of rotatable bonds is 3. The summed E-state index contributed by atoms with van der Waals surface area (Å²) in [6.07, 6.45) is 9.03. The second-order valence-electron chi connectivity index (χ2n) is 4.15. The normalized spacial score (nSPS) is 18.1. The van der Waals surface area contributed by atoms with Crippen LogP contribution in [0.4, 0.5) is 4.79 Å². The molecule has 2 aliphatic rings. The Morgan fingerprint density at radius 2 is 2.11 bits per heavy atom. The number of amides is 1. The molecule has 1 aliphatic carbocycles. The SMILES string of the molecule is O=C(O)C1=CN(C(=O)O)C=C(CC2=CC=CCC2)O1. The van der Waals surface area contributed by atoms with Crippen LogP contribution < -0.4 is 0 Å². The summed E-state index contributed by atoms with van der Waals surface area (Å²) in [7, 11) is 0. The third-order valence-electron chi connectivity index (χ3n) is 2.71. The molecule has 100 valence electrons. The predicted molar refractivity (Wildman–Crippen MR) is 65.8 cm³/mol. The number of carbonyl (C=O) groups is 2. The summed E-state index contributed by atoms with van der Waals surface area (Å²) < 4.78 is 5.18. The largest absolute Gasteiger partial charge is 0.475 e. The third-order valence-corrected chi connectivity index (χ3v) is 2.71. The van der Waals surface area contributed by atoms with Crippen molar-refractivity contribution in [2.24, 2.45) is 0 Å². The summed E-state index contributed by atoms with van der Waals surface area (Å²) in [6.45, 7) is 0. The van der Waals surface area contributed by atoms with Crippen molar-refractivity contribution in [3.63, 3.8) is 0 Å². The number of hydrogen-bond donors (Lipinski definition) is 2. The number of nitrogens with zero attached hydrogens (tertiary/aromatic N) is 1. The predicted octanol–water partition coefficient (Wildman–Crippen LogP) is 2.43. The summed E-state index contributed by atoms with van der Waals surface area (Å²) in [5, 5.41) is 17.8. The van der Waals surface area contributed by atoms with Crippen molar-refractivity contribution in [1.29, 1.82) is 0 Å². The topological polar surface area (TPSA) is 87.1 Å². The zero-order chi connectivity index (χ0) is 13.8. The van der Waals surface area contributed by atoms with E-state index in [1.165, 1.54) is 6.20 Å². The van der Waals surface area contributed by atoms with E-state index in [1.54, 1.807) is 0 Å². The number of allylic oxidation sites excluding steroid dienone is 4. The molecule has 0 saturated carbocycles. The first-order valence-corrected chi connectivity index (χ1v) is 5.76. The number of hydrogen-bond acceptors (Lipinski definition) is 3. The minimum Gasteiger partial charge on any atom is -0.475 e. The molecule has 0 aromatic carbocycles. The lowest BCUT2D eigenvalue weighted by molar-refractivity contribution is -0.136. The van der Waals surface area contributed by atoms with Crippen LogP contribution in [0.1, 0.15) is 19.3 Å². The summed E-state index contributed by atoms with van der Waals surface area (Å²) in [6, 6.07) is 0. The molecular formula is C13H13NO5. The van der Waals surface area contributed by atoms with Crippen LogP contribution in [0, 0.1) is 0 Å². The van der Waals surface area contributed by atoms with Gasteiger partial charge in [-0.05, 0) is 12.8 Å². The Labute approximate surface area is 109 Å². The van der Waals surface area contributed by atoms with E-state index >= 15 is 0 Å². The fourth-order valence-corrected chi connectivity index (χ4v) is 1.83. The first-order valence-electron chi connectivity index (χ1n) is 5.76. The molecule has 2 N–H and O–H groups in total. The second-order valence-corrected chi connectivity index (χ2v) is 4.15. The lowest BCUT2D eigenvalue weighted by Gasteiger charge is -2.21. The number of carboxylic acids is 1. The van der Waals surface area contributed by atoms with Gasteiger partial charge >= 0.3 is 12.1 Å². The molecule has 0 radical (unpaired) electrons. The van der Waals surface area contributed by atoms with E-state index in [1.807, 2.05) is 18.2 Å². The van der Waals surface area contributed by atoms with E-state index in [0.717, 1.165) is 29.5 Å². The Morgan fingerprint density at radius 1 is 1.32 bits per heavy atom. The second kappa shape index (κ2) is 5.43. The average molecular weight is 263 g/mol. The van der Waals surface area contributed by atoms with Gasteiger partial charge in [0.2, 0.25) is 5.76 Å². The smallest absolute Gasteiger partial charge is 0.415 e. The lowest BCUT2D eigenvalue weighted by Crippen LogP contribution is -2.24. The van der Waals surface area contributed by atoms with E-state index in [9.17, 15) is 9.59 Å². The van der Waals surface area contributed by atoms with E-state index in [-0.39, 0.29) is 0 Å². The van der Waals surface area contributed by atoms with Gasteiger partial charge in [-0.1, -0.05) is 23.8 Å². The monoisotopic (exact) mass is 263 g/mol. The Balaban J connectivity index is 2.16. The maximum Gasteiger partial charge on any atom is 0.415 e. The molecule has 0 unspecified atom stereocenters. The molecular weight excluding hydrogens is 250 g/mol. The number of ether oxygens (including phenoxy) is 1. The van der Waals surface area contributed by atoms with Gasteiger partial charge in [-0.3, -0.25) is 4.90 Å². The van der Waals surface area contributed by atoms with Crippen LogP contribution in [0.15, 0.2) is 47.7 Å². The third kappa shape index (κ3) is 3.25. The minimum atomic E-state index is -1.30. The van der Waals surface area contributed by atoms with Gasteiger partial charge in [0.05, 0.1) is 12.4 Å². The first kappa shape index (κ1) is 12.9. The molecule has 1 amide bonds. The van der Waals surface area contributed by atoms with Crippen molar-refractivity contribution in [1.82, 2.24) is 4.90 Å². The van der Waals surface area contributed by atoms with Crippen molar-refractivity contribution in [2.45, 2.75) is 19.3 Å². The van der Waals surface area contributed by atoms with E-state index in [2.05, 4.69) is 0 Å². The van der Waals surface area contributed by atoms with Crippen LogP contribution >= 0.6 is 0 Å². The molecule has 0 spiro atoms. The van der Waals surface area contributed by atoms with Crippen LogP contribution in [0.2, 0.25) is 0 Å². The van der Waals surface area contributed by atoms with Crippen molar-refractivity contribution in [2.75, 3.05) is 0 Å². The van der Waals surface area contributed by atoms with Crippen molar-refractivity contribution < 1.29 is 24.5 Å². The van der Waals surface area contributed by atoms with E-state index < -0.39 is 17.8 Å². The molecule has 0 atom stereocenters. The molecule has 0 aromatic heterocycles. The molecule has 6 heteroatoms.